The van der Waals surface area contributed by atoms with Crippen LogP contribution in [0.1, 0.15) is 27.9 Å². The average molecular weight is 563 g/mol. The monoisotopic (exact) mass is 562 g/mol. The molecule has 1 heterocycles. The Morgan fingerprint density at radius 1 is 1.11 bits per heavy atom. The molecule has 0 bridgehead atoms. The van der Waals surface area contributed by atoms with Crippen LogP contribution < -0.4 is 14.8 Å². The smallest absolute Gasteiger partial charge is 0.416 e. The molecule has 0 saturated carbocycles. The summed E-state index contributed by atoms with van der Waals surface area (Å²) in [6, 6.07) is 7.79. The van der Waals surface area contributed by atoms with Crippen LogP contribution in [0.3, 0.4) is 0 Å². The fraction of sp³-hybridized carbons (Fsp3) is 0.458. The lowest BCUT2D eigenvalue weighted by atomic mass is 10.0. The SMILES string of the molecule is CN1CCN(Cc2ccc(NC(=O)c3ccc(OCCCCl)c(NS(C)(=O)=O)c3)cc2C(F)(F)F)CC1. The summed E-state index contributed by atoms with van der Waals surface area (Å²) < 4.78 is 73.0. The molecule has 8 nitrogen and oxygen atoms in total. The van der Waals surface area contributed by atoms with E-state index in [0.29, 0.717) is 25.4 Å². The molecule has 0 atom stereocenters. The largest absolute Gasteiger partial charge is 0.491 e. The summed E-state index contributed by atoms with van der Waals surface area (Å²) in [4.78, 5) is 16.9. The summed E-state index contributed by atoms with van der Waals surface area (Å²) in [6.07, 6.45) is -3.13. The number of hydrogen-bond donors (Lipinski definition) is 2. The molecule has 2 N–H and O–H groups in total. The molecular formula is C24H30ClF3N4O4S. The number of benzene rings is 2. The number of piperazine rings is 1. The van der Waals surface area contributed by atoms with Gasteiger partial charge in [-0.3, -0.25) is 14.4 Å². The lowest BCUT2D eigenvalue weighted by molar-refractivity contribution is -0.138. The van der Waals surface area contributed by atoms with Crippen LogP contribution in [0.4, 0.5) is 24.5 Å². The van der Waals surface area contributed by atoms with Gasteiger partial charge in [-0.2, -0.15) is 13.2 Å². The van der Waals surface area contributed by atoms with Gasteiger partial charge in [0.2, 0.25) is 10.0 Å². The normalized spacial score (nSPS) is 15.4. The van der Waals surface area contributed by atoms with Crippen molar-refractivity contribution in [1.82, 2.24) is 9.80 Å². The van der Waals surface area contributed by atoms with Crippen LogP contribution in [-0.4, -0.2) is 76.1 Å². The highest BCUT2D eigenvalue weighted by Gasteiger charge is 2.34. The van der Waals surface area contributed by atoms with Crippen molar-refractivity contribution in [1.29, 1.82) is 0 Å². The van der Waals surface area contributed by atoms with E-state index in [1.807, 2.05) is 11.9 Å². The van der Waals surface area contributed by atoms with Crippen molar-refractivity contribution in [3.8, 4) is 5.75 Å². The minimum absolute atomic E-state index is 0.0282. The van der Waals surface area contributed by atoms with Crippen LogP contribution in [0.2, 0.25) is 0 Å². The third-order valence-electron chi connectivity index (χ3n) is 5.74. The lowest BCUT2D eigenvalue weighted by Gasteiger charge is -2.33. The minimum atomic E-state index is -4.60. The van der Waals surface area contributed by atoms with Gasteiger partial charge in [0.05, 0.1) is 24.1 Å². The van der Waals surface area contributed by atoms with Gasteiger partial charge >= 0.3 is 6.18 Å². The Bertz CT molecular complexity index is 1200. The molecule has 1 fully saturated rings. The molecule has 0 radical (unpaired) electrons. The molecule has 3 rings (SSSR count). The van der Waals surface area contributed by atoms with Crippen LogP contribution in [0, 0.1) is 0 Å². The van der Waals surface area contributed by atoms with E-state index in [0.717, 1.165) is 25.4 Å². The number of anilines is 2. The molecule has 37 heavy (non-hydrogen) atoms. The Hall–Kier alpha value is -2.54. The van der Waals surface area contributed by atoms with Gasteiger partial charge in [-0.25, -0.2) is 8.42 Å². The maximum Gasteiger partial charge on any atom is 0.416 e. The number of nitrogens with zero attached hydrogens (tertiary/aromatic N) is 2. The van der Waals surface area contributed by atoms with Crippen molar-refractivity contribution in [2.75, 3.05) is 62.0 Å². The van der Waals surface area contributed by atoms with Crippen LogP contribution >= 0.6 is 11.6 Å². The Labute approximate surface area is 219 Å². The van der Waals surface area contributed by atoms with E-state index < -0.39 is 27.7 Å². The fourth-order valence-corrected chi connectivity index (χ4v) is 4.49. The number of sulfonamides is 1. The highest BCUT2D eigenvalue weighted by atomic mass is 35.5. The Morgan fingerprint density at radius 3 is 2.43 bits per heavy atom. The molecule has 1 saturated heterocycles. The number of hydrogen-bond acceptors (Lipinski definition) is 6. The quantitative estimate of drug-likeness (QED) is 0.335. The summed E-state index contributed by atoms with van der Waals surface area (Å²) in [5.74, 6) is -0.160. The van der Waals surface area contributed by atoms with Crippen molar-refractivity contribution in [3.05, 3.63) is 53.1 Å². The predicted octanol–water partition coefficient (Wildman–Crippen LogP) is 4.08. The van der Waals surface area contributed by atoms with E-state index in [2.05, 4.69) is 14.9 Å². The first-order valence-corrected chi connectivity index (χ1v) is 14.0. The van der Waals surface area contributed by atoms with Crippen molar-refractivity contribution >= 4 is 38.9 Å². The van der Waals surface area contributed by atoms with Crippen LogP contribution in [0.15, 0.2) is 36.4 Å². The highest BCUT2D eigenvalue weighted by molar-refractivity contribution is 7.92. The van der Waals surface area contributed by atoms with E-state index in [1.54, 1.807) is 0 Å². The second-order valence-electron chi connectivity index (χ2n) is 8.88. The van der Waals surface area contributed by atoms with Crippen LogP contribution in [0.25, 0.3) is 0 Å². The van der Waals surface area contributed by atoms with Crippen molar-refractivity contribution in [2.24, 2.45) is 0 Å². The highest BCUT2D eigenvalue weighted by Crippen LogP contribution is 2.35. The van der Waals surface area contributed by atoms with Gasteiger partial charge < -0.3 is 15.0 Å². The molecule has 0 aromatic heterocycles. The Kier molecular flexibility index (Phi) is 9.68. The average Bonchev–Trinajstić information content (AvgIpc) is 2.81. The van der Waals surface area contributed by atoms with Crippen molar-refractivity contribution < 1.29 is 31.1 Å². The summed E-state index contributed by atoms with van der Waals surface area (Å²) in [7, 11) is -1.72. The Morgan fingerprint density at radius 2 is 1.81 bits per heavy atom. The Balaban J connectivity index is 1.81. The molecule has 0 aliphatic carbocycles. The van der Waals surface area contributed by atoms with Gasteiger partial charge in [0.25, 0.3) is 5.91 Å². The molecular weight excluding hydrogens is 533 g/mol. The molecule has 2 aromatic rings. The standard InChI is InChI=1S/C24H30ClF3N4O4S/c1-31-9-11-32(12-10-31)16-18-4-6-19(15-20(18)24(26,27)28)29-23(33)17-5-7-22(36-13-3-8-25)21(14-17)30-37(2,34)35/h4-7,14-15,30H,3,8-13,16H2,1-2H3,(H,29,33). The zero-order valence-corrected chi connectivity index (χ0v) is 22.1. The summed E-state index contributed by atoms with van der Waals surface area (Å²) >= 11 is 5.64. The van der Waals surface area contributed by atoms with Gasteiger partial charge in [0.1, 0.15) is 5.75 Å². The van der Waals surface area contributed by atoms with E-state index in [-0.39, 0.29) is 41.4 Å². The first kappa shape index (κ1) is 29.0. The summed E-state index contributed by atoms with van der Waals surface area (Å²) in [5, 5.41) is 2.47. The minimum Gasteiger partial charge on any atom is -0.491 e. The van der Waals surface area contributed by atoms with E-state index >= 15 is 0 Å². The number of rotatable bonds is 10. The first-order valence-electron chi connectivity index (χ1n) is 11.6. The van der Waals surface area contributed by atoms with Gasteiger partial charge in [0, 0.05) is 49.9 Å². The van der Waals surface area contributed by atoms with Crippen LogP contribution in [0.5, 0.6) is 5.75 Å². The number of halogens is 4. The number of ether oxygens (including phenoxy) is 1. The topological polar surface area (TPSA) is 91.0 Å². The van der Waals surface area contributed by atoms with Crippen LogP contribution in [-0.2, 0) is 22.7 Å². The van der Waals surface area contributed by atoms with Crippen molar-refractivity contribution in [2.45, 2.75) is 19.1 Å². The number of carbonyl (C=O) groups is 1. The second-order valence-corrected chi connectivity index (χ2v) is 11.0. The third kappa shape index (κ3) is 8.77. The summed E-state index contributed by atoms with van der Waals surface area (Å²) in [5.41, 5.74) is -0.645. The maximum absolute atomic E-state index is 13.9. The molecule has 2 aromatic carbocycles. The number of alkyl halides is 4. The van der Waals surface area contributed by atoms with E-state index in [4.69, 9.17) is 16.3 Å². The fourth-order valence-electron chi connectivity index (χ4n) is 3.82. The third-order valence-corrected chi connectivity index (χ3v) is 6.59. The molecule has 1 aliphatic heterocycles. The van der Waals surface area contributed by atoms with Gasteiger partial charge in [-0.1, -0.05) is 6.07 Å². The molecule has 1 aliphatic rings. The zero-order valence-electron chi connectivity index (χ0n) is 20.6. The second kappa shape index (κ2) is 12.3. The molecule has 204 valence electrons. The summed E-state index contributed by atoms with van der Waals surface area (Å²) in [6.45, 7) is 3.28. The zero-order chi connectivity index (χ0) is 27.2. The molecule has 1 amide bonds. The predicted molar refractivity (Wildman–Crippen MR) is 138 cm³/mol. The number of amides is 1. The van der Waals surface area contributed by atoms with Gasteiger partial charge in [-0.05, 0) is 49.4 Å². The van der Waals surface area contributed by atoms with E-state index in [9.17, 15) is 26.4 Å². The molecule has 0 spiro atoms. The maximum atomic E-state index is 13.9. The molecule has 13 heteroatoms. The lowest BCUT2D eigenvalue weighted by Crippen LogP contribution is -2.44. The van der Waals surface area contributed by atoms with Gasteiger partial charge in [-0.15, -0.1) is 11.6 Å². The molecule has 0 unspecified atom stereocenters. The van der Waals surface area contributed by atoms with Crippen molar-refractivity contribution in [3.63, 3.8) is 0 Å². The number of carbonyl (C=O) groups excluding carboxylic acids is 1. The van der Waals surface area contributed by atoms with Gasteiger partial charge in [0.15, 0.2) is 0 Å². The van der Waals surface area contributed by atoms with E-state index in [1.165, 1.54) is 30.3 Å². The first-order chi connectivity index (χ1) is 17.4. The number of nitrogens with one attached hydrogen (secondary N) is 2. The number of likely N-dealkylation sites (N-methyl/N-ethyl adjacent to an activating group) is 1.